The lowest BCUT2D eigenvalue weighted by Gasteiger charge is -2.14. The van der Waals surface area contributed by atoms with E-state index in [9.17, 15) is 0 Å². The summed E-state index contributed by atoms with van der Waals surface area (Å²) in [5.74, 6) is 2.01. The van der Waals surface area contributed by atoms with Crippen molar-refractivity contribution < 1.29 is 4.74 Å². The van der Waals surface area contributed by atoms with Gasteiger partial charge in [-0.15, -0.1) is 11.3 Å². The molecule has 0 bridgehead atoms. The summed E-state index contributed by atoms with van der Waals surface area (Å²) in [7, 11) is 1.73. The van der Waals surface area contributed by atoms with Crippen LogP contribution < -0.4 is 19.9 Å². The largest absolute Gasteiger partial charge is 0.453 e. The van der Waals surface area contributed by atoms with E-state index in [1.807, 2.05) is 42.6 Å². The van der Waals surface area contributed by atoms with Crippen molar-refractivity contribution in [2.75, 3.05) is 18.9 Å². The Morgan fingerprint density at radius 1 is 1.29 bits per heavy atom. The molecule has 31 heavy (non-hydrogen) atoms. The zero-order valence-electron chi connectivity index (χ0n) is 17.1. The quantitative estimate of drug-likeness (QED) is 0.383. The van der Waals surface area contributed by atoms with Gasteiger partial charge in [0.05, 0.1) is 9.89 Å². The molecule has 0 spiro atoms. The lowest BCUT2D eigenvalue weighted by Crippen LogP contribution is -2.19. The number of anilines is 1. The van der Waals surface area contributed by atoms with Crippen LogP contribution in [0.4, 0.5) is 5.82 Å². The number of amidine groups is 1. The van der Waals surface area contributed by atoms with Crippen LogP contribution in [-0.2, 0) is 0 Å². The van der Waals surface area contributed by atoms with Crippen LogP contribution in [0, 0.1) is 0 Å². The molecule has 0 saturated carbocycles. The molecule has 1 N–H and O–H groups in total. The van der Waals surface area contributed by atoms with Gasteiger partial charge in [0.15, 0.2) is 16.7 Å². The van der Waals surface area contributed by atoms with Gasteiger partial charge in [0.2, 0.25) is 0 Å². The monoisotopic (exact) mass is 466 g/mol. The maximum absolute atomic E-state index is 6.19. The van der Waals surface area contributed by atoms with E-state index in [2.05, 4.69) is 38.3 Å². The van der Waals surface area contributed by atoms with E-state index in [1.54, 1.807) is 35.6 Å². The number of nitrogens with zero attached hydrogens (tertiary/aromatic N) is 3. The predicted molar refractivity (Wildman–Crippen MR) is 134 cm³/mol. The lowest BCUT2D eigenvalue weighted by atomic mass is 10.3. The third-order valence-corrected chi connectivity index (χ3v) is 7.29. The number of rotatable bonds is 6. The second-order valence-corrected chi connectivity index (χ2v) is 9.56. The molecule has 3 aromatic rings. The Morgan fingerprint density at radius 3 is 2.97 bits per heavy atom. The second-order valence-electron chi connectivity index (χ2n) is 6.52. The first-order chi connectivity index (χ1) is 15.3. The number of aromatic nitrogens is 1. The third-order valence-electron chi connectivity index (χ3n) is 4.40. The topological polar surface area (TPSA) is 58.9 Å². The molecule has 0 unspecified atom stereocenters. The van der Waals surface area contributed by atoms with Crippen molar-refractivity contribution in [2.45, 2.75) is 17.7 Å². The number of hydrogen-bond donors (Lipinski definition) is 1. The maximum atomic E-state index is 6.19. The molecular weight excluding hydrogens is 444 g/mol. The van der Waals surface area contributed by atoms with Crippen LogP contribution in [-0.4, -0.2) is 23.7 Å². The Morgan fingerprint density at radius 2 is 2.16 bits per heavy atom. The Labute approximate surface area is 194 Å². The molecule has 0 amide bonds. The van der Waals surface area contributed by atoms with E-state index in [0.717, 1.165) is 35.4 Å². The molecule has 2 aromatic heterocycles. The minimum atomic E-state index is 0.612. The number of nitrogens with one attached hydrogen (secondary N) is 1. The van der Waals surface area contributed by atoms with Gasteiger partial charge in [-0.3, -0.25) is 9.98 Å². The van der Waals surface area contributed by atoms with Gasteiger partial charge < -0.3 is 10.1 Å². The van der Waals surface area contributed by atoms with Gasteiger partial charge in [-0.1, -0.05) is 48.3 Å². The van der Waals surface area contributed by atoms with E-state index in [-0.39, 0.29) is 0 Å². The highest BCUT2D eigenvalue weighted by atomic mass is 32.2. The first kappa shape index (κ1) is 21.7. The van der Waals surface area contributed by atoms with Gasteiger partial charge >= 0.3 is 0 Å². The minimum Gasteiger partial charge on any atom is -0.453 e. The summed E-state index contributed by atoms with van der Waals surface area (Å²) in [6.45, 7) is 4.63. The van der Waals surface area contributed by atoms with Gasteiger partial charge in [-0.25, -0.2) is 4.98 Å². The average molecular weight is 467 g/mol. The smallest absolute Gasteiger partial charge is 0.175 e. The molecule has 0 atom stereocenters. The summed E-state index contributed by atoms with van der Waals surface area (Å²) in [4.78, 5) is 16.0. The number of fused-ring (bicyclic) bond motifs is 1. The predicted octanol–water partition coefficient (Wildman–Crippen LogP) is 5.52. The van der Waals surface area contributed by atoms with E-state index in [0.29, 0.717) is 16.7 Å². The molecule has 1 aromatic carbocycles. The Bertz CT molecular complexity index is 1210. The summed E-state index contributed by atoms with van der Waals surface area (Å²) in [6, 6.07) is 13.8. The SMILES string of the molecule is C=CSC(=NC)Nc1ncc(SC2=c3sccc3=NCCC2)cc1Oc1ccccc1. The van der Waals surface area contributed by atoms with Crippen LogP contribution in [0.2, 0.25) is 0 Å². The Hall–Kier alpha value is -2.55. The summed E-state index contributed by atoms with van der Waals surface area (Å²) in [5.41, 5.74) is 0. The summed E-state index contributed by atoms with van der Waals surface area (Å²) in [6.07, 6.45) is 3.94. The number of thioether (sulfide) groups is 2. The molecule has 158 valence electrons. The first-order valence-corrected chi connectivity index (χ1v) is 12.4. The number of hydrogen-bond acceptors (Lipinski definition) is 7. The summed E-state index contributed by atoms with van der Waals surface area (Å²) < 4.78 is 7.45. The Balaban J connectivity index is 1.69. The van der Waals surface area contributed by atoms with Crippen molar-refractivity contribution in [3.05, 3.63) is 75.9 Å². The van der Waals surface area contributed by atoms with Crippen LogP contribution in [0.15, 0.2) is 80.9 Å². The maximum Gasteiger partial charge on any atom is 0.175 e. The van der Waals surface area contributed by atoms with Crippen LogP contribution in [0.25, 0.3) is 4.91 Å². The van der Waals surface area contributed by atoms with E-state index in [1.165, 1.54) is 21.2 Å². The average Bonchev–Trinajstić information content (AvgIpc) is 3.18. The highest BCUT2D eigenvalue weighted by Gasteiger charge is 2.14. The molecular formula is C23H22N4OS3. The molecule has 8 heteroatoms. The van der Waals surface area contributed by atoms with Gasteiger partial charge in [0, 0.05) is 35.7 Å². The third kappa shape index (κ3) is 5.58. The van der Waals surface area contributed by atoms with Crippen molar-refractivity contribution >= 4 is 50.8 Å². The summed E-state index contributed by atoms with van der Waals surface area (Å²) >= 11 is 4.89. The zero-order valence-corrected chi connectivity index (χ0v) is 19.5. The number of thiophene rings is 1. The van der Waals surface area contributed by atoms with Crippen molar-refractivity contribution in [3.8, 4) is 11.5 Å². The van der Waals surface area contributed by atoms with E-state index < -0.39 is 0 Å². The number of aliphatic imine (C=N–C) groups is 1. The molecule has 1 aliphatic heterocycles. The molecule has 5 nitrogen and oxygen atoms in total. The first-order valence-electron chi connectivity index (χ1n) is 9.80. The molecule has 0 fully saturated rings. The molecule has 4 rings (SSSR count). The van der Waals surface area contributed by atoms with Crippen molar-refractivity contribution in [1.29, 1.82) is 0 Å². The minimum absolute atomic E-state index is 0.612. The van der Waals surface area contributed by atoms with Crippen LogP contribution >= 0.6 is 34.9 Å². The van der Waals surface area contributed by atoms with Crippen molar-refractivity contribution in [1.82, 2.24) is 4.98 Å². The normalized spacial score (nSPS) is 13.7. The second kappa shape index (κ2) is 10.7. The highest BCUT2D eigenvalue weighted by Crippen LogP contribution is 2.36. The molecule has 0 aliphatic carbocycles. The molecule has 0 radical (unpaired) electrons. The van der Waals surface area contributed by atoms with Crippen LogP contribution in [0.1, 0.15) is 12.8 Å². The number of benzene rings is 1. The van der Waals surface area contributed by atoms with Crippen molar-refractivity contribution in [3.63, 3.8) is 0 Å². The fourth-order valence-corrected chi connectivity index (χ4v) is 5.52. The fraction of sp³-hybridized carbons (Fsp3) is 0.174. The standard InChI is InChI=1S/C23H22N4OS3/c1-3-29-23(24-2)27-22-19(28-16-8-5-4-6-9-16)14-17(15-26-22)31-20-10-7-12-25-18-11-13-30-21(18)20/h3-6,8-9,11,13-15H,1,7,10,12H2,2H3,(H,24,26,27). The number of para-hydroxylation sites is 1. The van der Waals surface area contributed by atoms with Crippen LogP contribution in [0.3, 0.4) is 0 Å². The number of pyridine rings is 1. The van der Waals surface area contributed by atoms with E-state index in [4.69, 9.17) is 4.74 Å². The zero-order chi connectivity index (χ0) is 21.5. The fourth-order valence-electron chi connectivity index (χ4n) is 3.02. The van der Waals surface area contributed by atoms with Gasteiger partial charge in [0.25, 0.3) is 0 Å². The van der Waals surface area contributed by atoms with Crippen molar-refractivity contribution in [2.24, 2.45) is 9.98 Å². The molecule has 3 heterocycles. The van der Waals surface area contributed by atoms with Gasteiger partial charge in [0.1, 0.15) is 5.75 Å². The highest BCUT2D eigenvalue weighted by molar-refractivity contribution is 8.16. The van der Waals surface area contributed by atoms with Gasteiger partial charge in [-0.05, 0) is 41.8 Å². The molecule has 1 aliphatic rings. The lowest BCUT2D eigenvalue weighted by molar-refractivity contribution is 0.481. The van der Waals surface area contributed by atoms with Crippen LogP contribution in [0.5, 0.6) is 11.5 Å². The number of ether oxygens (including phenoxy) is 1. The summed E-state index contributed by atoms with van der Waals surface area (Å²) in [5, 5.41) is 8.88. The molecule has 0 saturated heterocycles. The van der Waals surface area contributed by atoms with Gasteiger partial charge in [-0.2, -0.15) is 0 Å². The van der Waals surface area contributed by atoms with E-state index >= 15 is 0 Å². The Kier molecular flexibility index (Phi) is 7.45.